The largest absolute Gasteiger partial charge is 0.467 e. The summed E-state index contributed by atoms with van der Waals surface area (Å²) in [6.45, 7) is 0.355. The van der Waals surface area contributed by atoms with E-state index < -0.39 is 17.2 Å². The molecular weight excluding hydrogens is 360 g/mol. The molecule has 0 aliphatic carbocycles. The first-order chi connectivity index (χ1) is 13.5. The van der Waals surface area contributed by atoms with E-state index in [1.54, 1.807) is 23.7 Å². The zero-order valence-corrected chi connectivity index (χ0v) is 15.1. The number of rotatable bonds is 5. The van der Waals surface area contributed by atoms with Gasteiger partial charge >= 0.3 is 5.69 Å². The van der Waals surface area contributed by atoms with Crippen LogP contribution in [0.5, 0.6) is 0 Å². The standard InChI is InChI=1S/C20H18N4O4/c1-23-12-15(18(25)21-10-14-8-5-9-28-14)16-17(23)19(26)24(20(27)22-16)11-13-6-3-2-4-7-13/h2-9,12H,10-11H2,1H3,(H,21,25)(H,22,27). The van der Waals surface area contributed by atoms with E-state index in [1.165, 1.54) is 12.5 Å². The highest BCUT2D eigenvalue weighted by Gasteiger charge is 2.19. The lowest BCUT2D eigenvalue weighted by atomic mass is 10.2. The number of benzene rings is 1. The van der Waals surface area contributed by atoms with Crippen LogP contribution in [0.2, 0.25) is 0 Å². The topological polar surface area (TPSA) is 102 Å². The fourth-order valence-electron chi connectivity index (χ4n) is 3.16. The number of amides is 1. The first-order valence-electron chi connectivity index (χ1n) is 8.71. The molecule has 0 unspecified atom stereocenters. The van der Waals surface area contributed by atoms with Gasteiger partial charge < -0.3 is 19.3 Å². The molecule has 0 aliphatic rings. The quantitative estimate of drug-likeness (QED) is 0.551. The van der Waals surface area contributed by atoms with Gasteiger partial charge in [-0.3, -0.25) is 14.2 Å². The second-order valence-electron chi connectivity index (χ2n) is 6.45. The zero-order valence-electron chi connectivity index (χ0n) is 15.1. The summed E-state index contributed by atoms with van der Waals surface area (Å²) in [6.07, 6.45) is 3.05. The summed E-state index contributed by atoms with van der Waals surface area (Å²) in [4.78, 5) is 40.7. The lowest BCUT2D eigenvalue weighted by Gasteiger charge is -2.06. The third-order valence-electron chi connectivity index (χ3n) is 4.54. The molecule has 1 aromatic carbocycles. The van der Waals surface area contributed by atoms with Crippen LogP contribution in [0, 0.1) is 0 Å². The Morgan fingerprint density at radius 3 is 2.64 bits per heavy atom. The first-order valence-corrected chi connectivity index (χ1v) is 8.71. The second-order valence-corrected chi connectivity index (χ2v) is 6.45. The normalized spacial score (nSPS) is 11.0. The van der Waals surface area contributed by atoms with E-state index in [1.807, 2.05) is 30.3 Å². The summed E-state index contributed by atoms with van der Waals surface area (Å²) in [6, 6.07) is 12.7. The maximum Gasteiger partial charge on any atom is 0.329 e. The number of hydrogen-bond donors (Lipinski definition) is 2. The Morgan fingerprint density at radius 1 is 1.14 bits per heavy atom. The minimum atomic E-state index is -0.562. The van der Waals surface area contributed by atoms with Crippen molar-refractivity contribution in [1.82, 2.24) is 19.4 Å². The van der Waals surface area contributed by atoms with E-state index in [4.69, 9.17) is 4.42 Å². The summed E-state index contributed by atoms with van der Waals surface area (Å²) in [7, 11) is 1.66. The molecule has 2 N–H and O–H groups in total. The lowest BCUT2D eigenvalue weighted by Crippen LogP contribution is -2.36. The monoisotopic (exact) mass is 378 g/mol. The maximum absolute atomic E-state index is 12.9. The van der Waals surface area contributed by atoms with Crippen molar-refractivity contribution in [2.45, 2.75) is 13.1 Å². The molecule has 8 heteroatoms. The van der Waals surface area contributed by atoms with Gasteiger partial charge in [0.05, 0.1) is 30.4 Å². The minimum Gasteiger partial charge on any atom is -0.467 e. The summed E-state index contributed by atoms with van der Waals surface area (Å²) in [5.41, 5.74) is 0.533. The van der Waals surface area contributed by atoms with Gasteiger partial charge in [0.15, 0.2) is 0 Å². The van der Waals surface area contributed by atoms with E-state index in [0.717, 1.165) is 10.1 Å². The van der Waals surface area contributed by atoms with E-state index in [2.05, 4.69) is 10.3 Å². The van der Waals surface area contributed by atoms with Crippen molar-refractivity contribution < 1.29 is 9.21 Å². The van der Waals surface area contributed by atoms with Gasteiger partial charge in [0.25, 0.3) is 11.5 Å². The Kier molecular flexibility index (Phi) is 4.44. The second kappa shape index (κ2) is 7.07. The Hall–Kier alpha value is -3.81. The molecule has 0 saturated heterocycles. The van der Waals surface area contributed by atoms with Crippen LogP contribution in [0.3, 0.4) is 0 Å². The van der Waals surface area contributed by atoms with Crippen molar-refractivity contribution >= 4 is 16.9 Å². The molecule has 0 spiro atoms. The number of furan rings is 1. The molecule has 0 atom stereocenters. The number of aromatic nitrogens is 3. The average molecular weight is 378 g/mol. The summed E-state index contributed by atoms with van der Waals surface area (Å²) in [5, 5.41) is 2.72. The molecule has 3 aromatic heterocycles. The molecule has 28 heavy (non-hydrogen) atoms. The number of carbonyl (C=O) groups is 1. The van der Waals surface area contributed by atoms with Crippen LogP contribution >= 0.6 is 0 Å². The number of aromatic amines is 1. The van der Waals surface area contributed by atoms with Gasteiger partial charge in [0.1, 0.15) is 11.3 Å². The van der Waals surface area contributed by atoms with Crippen molar-refractivity contribution in [2.24, 2.45) is 7.05 Å². The summed E-state index contributed by atoms with van der Waals surface area (Å²) >= 11 is 0. The number of aryl methyl sites for hydroxylation is 1. The Bertz CT molecular complexity index is 1250. The van der Waals surface area contributed by atoms with Crippen molar-refractivity contribution in [2.75, 3.05) is 0 Å². The van der Waals surface area contributed by atoms with Gasteiger partial charge in [-0.25, -0.2) is 4.79 Å². The SMILES string of the molecule is Cn1cc(C(=O)NCc2ccco2)c2[nH]c(=O)n(Cc3ccccc3)c(=O)c21. The number of carbonyl (C=O) groups excluding carboxylic acids is 1. The Labute approximate surface area is 159 Å². The van der Waals surface area contributed by atoms with E-state index in [9.17, 15) is 14.4 Å². The molecule has 4 rings (SSSR count). The van der Waals surface area contributed by atoms with Crippen LogP contribution in [0.25, 0.3) is 11.0 Å². The van der Waals surface area contributed by atoms with Gasteiger partial charge in [-0.05, 0) is 17.7 Å². The number of hydrogen-bond acceptors (Lipinski definition) is 4. The molecule has 0 aliphatic heterocycles. The van der Waals surface area contributed by atoms with Crippen LogP contribution in [-0.2, 0) is 20.1 Å². The van der Waals surface area contributed by atoms with Crippen LogP contribution < -0.4 is 16.6 Å². The molecule has 0 fully saturated rings. The summed E-state index contributed by atoms with van der Waals surface area (Å²) < 4.78 is 7.87. The molecule has 1 amide bonds. The van der Waals surface area contributed by atoms with Crippen molar-refractivity contribution in [3.05, 3.63) is 92.6 Å². The Morgan fingerprint density at radius 2 is 1.93 bits per heavy atom. The lowest BCUT2D eigenvalue weighted by molar-refractivity contribution is 0.0949. The van der Waals surface area contributed by atoms with Crippen molar-refractivity contribution in [3.8, 4) is 0 Å². The molecule has 8 nitrogen and oxygen atoms in total. The van der Waals surface area contributed by atoms with Crippen LogP contribution in [0.4, 0.5) is 0 Å². The maximum atomic E-state index is 12.9. The van der Waals surface area contributed by atoms with E-state index in [0.29, 0.717) is 5.76 Å². The van der Waals surface area contributed by atoms with Crippen LogP contribution in [0.15, 0.2) is 68.9 Å². The third-order valence-corrected chi connectivity index (χ3v) is 4.54. The molecular formula is C20H18N4O4. The van der Waals surface area contributed by atoms with Gasteiger partial charge in [-0.1, -0.05) is 30.3 Å². The van der Waals surface area contributed by atoms with E-state index >= 15 is 0 Å². The van der Waals surface area contributed by atoms with Gasteiger partial charge in [0, 0.05) is 13.2 Å². The highest BCUT2D eigenvalue weighted by molar-refractivity contribution is 6.05. The van der Waals surface area contributed by atoms with Crippen molar-refractivity contribution in [1.29, 1.82) is 0 Å². The van der Waals surface area contributed by atoms with Gasteiger partial charge in [-0.2, -0.15) is 0 Å². The molecule has 0 radical (unpaired) electrons. The number of H-pyrrole nitrogens is 1. The van der Waals surface area contributed by atoms with Gasteiger partial charge in [0.2, 0.25) is 0 Å². The molecule has 0 bridgehead atoms. The highest BCUT2D eigenvalue weighted by Crippen LogP contribution is 2.14. The van der Waals surface area contributed by atoms with E-state index in [-0.39, 0.29) is 29.7 Å². The highest BCUT2D eigenvalue weighted by atomic mass is 16.3. The number of nitrogens with zero attached hydrogens (tertiary/aromatic N) is 2. The minimum absolute atomic E-state index is 0.149. The number of fused-ring (bicyclic) bond motifs is 1. The average Bonchev–Trinajstić information content (AvgIpc) is 3.32. The fraction of sp³-hybridized carbons (Fsp3) is 0.150. The first kappa shape index (κ1) is 17.6. The predicted octanol–water partition coefficient (Wildman–Crippen LogP) is 1.60. The summed E-state index contributed by atoms with van der Waals surface area (Å²) in [5.74, 6) is 0.199. The van der Waals surface area contributed by atoms with Gasteiger partial charge in [-0.15, -0.1) is 0 Å². The third kappa shape index (κ3) is 3.16. The predicted molar refractivity (Wildman–Crippen MR) is 103 cm³/mol. The van der Waals surface area contributed by atoms with Crippen molar-refractivity contribution in [3.63, 3.8) is 0 Å². The fourth-order valence-corrected chi connectivity index (χ4v) is 3.16. The number of nitrogens with one attached hydrogen (secondary N) is 2. The van der Waals surface area contributed by atoms with Crippen LogP contribution in [0.1, 0.15) is 21.7 Å². The molecule has 142 valence electrons. The molecule has 3 heterocycles. The molecule has 0 saturated carbocycles. The smallest absolute Gasteiger partial charge is 0.329 e. The zero-order chi connectivity index (χ0) is 19.7. The van der Waals surface area contributed by atoms with Crippen LogP contribution in [-0.4, -0.2) is 20.0 Å². The molecule has 4 aromatic rings. The Balaban J connectivity index is 1.72.